The Balaban J connectivity index is 4.29. The van der Waals surface area contributed by atoms with E-state index in [1.165, 1.54) is 13.2 Å². The molecular weight excluding hydrogens is 307 g/mol. The van der Waals surface area contributed by atoms with Crippen molar-refractivity contribution < 1.29 is 43.0 Å². The van der Waals surface area contributed by atoms with Crippen molar-refractivity contribution >= 4 is 13.8 Å². The molecule has 0 amide bonds. The molecule has 0 saturated carbocycles. The number of hydrogen-bond donors (Lipinski definition) is 3. The summed E-state index contributed by atoms with van der Waals surface area (Å²) in [6, 6.07) is 0. The highest BCUT2D eigenvalue weighted by Gasteiger charge is 2.25. The van der Waals surface area contributed by atoms with Crippen molar-refractivity contribution in [2.45, 2.75) is 26.1 Å². The molecule has 0 spiro atoms. The number of aliphatic hydroxyl groups excluding tert-OH is 2. The summed E-state index contributed by atoms with van der Waals surface area (Å²) in [7, 11) is -4.43. The first-order valence-corrected chi connectivity index (χ1v) is 7.61. The second-order valence-electron chi connectivity index (χ2n) is 3.93. The maximum atomic E-state index is 11.5. The van der Waals surface area contributed by atoms with E-state index in [0.29, 0.717) is 0 Å². The molecule has 0 bridgehead atoms. The molecule has 0 rings (SSSR count). The number of carbonyl (C=O) groups excluding carboxylic acids is 1. The number of hydrogen-bond acceptors (Lipinski definition) is 8. The fourth-order valence-electron chi connectivity index (χ4n) is 1.06. The fraction of sp³-hybridized carbons (Fsp3) is 0.727. The summed E-state index contributed by atoms with van der Waals surface area (Å²) in [5.74, 6) is -0.600. The summed E-state index contributed by atoms with van der Waals surface area (Å²) >= 11 is 0. The molecule has 0 aliphatic heterocycles. The first-order chi connectivity index (χ1) is 9.80. The smallest absolute Gasteiger partial charge is 0.472 e. The van der Waals surface area contributed by atoms with Crippen molar-refractivity contribution in [2.75, 3.05) is 26.4 Å². The van der Waals surface area contributed by atoms with Gasteiger partial charge in [0.2, 0.25) is 0 Å². The minimum Gasteiger partial charge on any atom is -0.498 e. The van der Waals surface area contributed by atoms with E-state index in [-0.39, 0.29) is 6.61 Å². The lowest BCUT2D eigenvalue weighted by Gasteiger charge is -2.19. The van der Waals surface area contributed by atoms with Crippen LogP contribution in [0.1, 0.15) is 13.8 Å². The van der Waals surface area contributed by atoms with E-state index in [2.05, 4.69) is 9.05 Å². The summed E-state index contributed by atoms with van der Waals surface area (Å²) in [4.78, 5) is 20.2. The van der Waals surface area contributed by atoms with Gasteiger partial charge in [-0.1, -0.05) is 6.08 Å². The Labute approximate surface area is 122 Å². The van der Waals surface area contributed by atoms with E-state index >= 15 is 0 Å². The van der Waals surface area contributed by atoms with Crippen molar-refractivity contribution in [3.05, 3.63) is 12.3 Å². The number of rotatable bonds is 11. The van der Waals surface area contributed by atoms with Crippen LogP contribution in [0.5, 0.6) is 0 Å². The van der Waals surface area contributed by atoms with Gasteiger partial charge >= 0.3 is 13.8 Å². The van der Waals surface area contributed by atoms with Crippen molar-refractivity contribution in [1.82, 2.24) is 0 Å². The molecule has 0 aromatic carbocycles. The highest BCUT2D eigenvalue weighted by molar-refractivity contribution is 7.47. The van der Waals surface area contributed by atoms with Crippen LogP contribution in [0.3, 0.4) is 0 Å². The lowest BCUT2D eigenvalue weighted by molar-refractivity contribution is -0.150. The summed E-state index contributed by atoms with van der Waals surface area (Å²) in [5.41, 5.74) is 0. The highest BCUT2D eigenvalue weighted by atomic mass is 31.2. The van der Waals surface area contributed by atoms with Crippen LogP contribution in [0.25, 0.3) is 0 Å². The molecular formula is C11H21O9P. The maximum absolute atomic E-state index is 11.5. The van der Waals surface area contributed by atoms with Gasteiger partial charge in [0, 0.05) is 6.92 Å². The molecule has 0 saturated heterocycles. The number of carbonyl (C=O) groups is 1. The summed E-state index contributed by atoms with van der Waals surface area (Å²) in [5, 5.41) is 17.5. The molecule has 2 unspecified atom stereocenters. The van der Waals surface area contributed by atoms with E-state index in [0.717, 1.165) is 0 Å². The van der Waals surface area contributed by atoms with Gasteiger partial charge in [0.15, 0.2) is 6.10 Å². The standard InChI is InChI=1S/C11H21O9P/c1-3-4-17-7-11(20-9(2)13)8-19-21(15,16)18-6-10(14)5-12/h3-4,10-12,14H,5-8H2,1-2H3,(H,15,16)/b4-3+/t10?,11-/m1/s1. The highest BCUT2D eigenvalue weighted by Crippen LogP contribution is 2.43. The predicted molar refractivity (Wildman–Crippen MR) is 71.1 cm³/mol. The summed E-state index contributed by atoms with van der Waals surface area (Å²) in [6.45, 7) is 1.21. The van der Waals surface area contributed by atoms with Crippen molar-refractivity contribution in [1.29, 1.82) is 0 Å². The maximum Gasteiger partial charge on any atom is 0.472 e. The zero-order chi connectivity index (χ0) is 16.3. The summed E-state index contributed by atoms with van der Waals surface area (Å²) < 4.78 is 30.4. The van der Waals surface area contributed by atoms with Crippen LogP contribution in [0.4, 0.5) is 0 Å². The molecule has 10 heteroatoms. The van der Waals surface area contributed by atoms with Crippen LogP contribution in [-0.4, -0.2) is 59.7 Å². The molecule has 3 atom stereocenters. The Kier molecular flexibility index (Phi) is 10.2. The van der Waals surface area contributed by atoms with Gasteiger partial charge in [-0.25, -0.2) is 4.57 Å². The molecule has 0 aromatic rings. The average molecular weight is 328 g/mol. The number of esters is 1. The molecule has 0 aliphatic carbocycles. The number of phosphoric ester groups is 1. The summed E-state index contributed by atoms with van der Waals surface area (Å²) in [6.07, 6.45) is 0.785. The first kappa shape index (κ1) is 20.0. The third-order valence-electron chi connectivity index (χ3n) is 1.91. The third kappa shape index (κ3) is 11.4. The van der Waals surface area contributed by atoms with Crippen LogP contribution in [0.15, 0.2) is 12.3 Å². The zero-order valence-corrected chi connectivity index (χ0v) is 12.8. The minimum atomic E-state index is -4.43. The number of aliphatic hydroxyl groups is 2. The van der Waals surface area contributed by atoms with Gasteiger partial charge in [-0.15, -0.1) is 0 Å². The zero-order valence-electron chi connectivity index (χ0n) is 11.9. The van der Waals surface area contributed by atoms with Gasteiger partial charge in [-0.2, -0.15) is 0 Å². The van der Waals surface area contributed by atoms with Gasteiger partial charge < -0.3 is 24.6 Å². The number of phosphoric acid groups is 1. The molecule has 3 N–H and O–H groups in total. The second-order valence-corrected chi connectivity index (χ2v) is 5.38. The Morgan fingerprint density at radius 2 is 1.90 bits per heavy atom. The molecule has 0 radical (unpaired) electrons. The normalized spacial score (nSPS) is 17.2. The Morgan fingerprint density at radius 3 is 2.43 bits per heavy atom. The second kappa shape index (κ2) is 10.7. The van der Waals surface area contributed by atoms with Crippen molar-refractivity contribution in [2.24, 2.45) is 0 Å². The lowest BCUT2D eigenvalue weighted by atomic mass is 10.4. The number of allylic oxidation sites excluding steroid dienone is 1. The Hall–Kier alpha value is -0.960. The Bertz CT molecular complexity index is 371. The molecule has 0 aromatic heterocycles. The number of ether oxygens (including phenoxy) is 2. The molecule has 0 heterocycles. The van der Waals surface area contributed by atoms with Crippen LogP contribution >= 0.6 is 7.82 Å². The Morgan fingerprint density at radius 1 is 1.29 bits per heavy atom. The molecule has 124 valence electrons. The average Bonchev–Trinajstić information content (AvgIpc) is 2.42. The van der Waals surface area contributed by atoms with Gasteiger partial charge in [0.25, 0.3) is 0 Å². The van der Waals surface area contributed by atoms with E-state index in [1.807, 2.05) is 0 Å². The van der Waals surface area contributed by atoms with Crippen molar-refractivity contribution in [3.63, 3.8) is 0 Å². The van der Waals surface area contributed by atoms with Crippen LogP contribution in [-0.2, 0) is 27.9 Å². The topological polar surface area (TPSA) is 132 Å². The molecule has 21 heavy (non-hydrogen) atoms. The molecule has 0 aliphatic rings. The fourth-order valence-corrected chi connectivity index (χ4v) is 1.85. The molecule has 0 fully saturated rings. The largest absolute Gasteiger partial charge is 0.498 e. The monoisotopic (exact) mass is 328 g/mol. The van der Waals surface area contributed by atoms with Crippen molar-refractivity contribution in [3.8, 4) is 0 Å². The first-order valence-electron chi connectivity index (χ1n) is 6.11. The van der Waals surface area contributed by atoms with Gasteiger partial charge in [0.05, 0.1) is 26.1 Å². The lowest BCUT2D eigenvalue weighted by Crippen LogP contribution is -2.27. The van der Waals surface area contributed by atoms with E-state index < -0.39 is 45.8 Å². The van der Waals surface area contributed by atoms with Crippen LogP contribution < -0.4 is 0 Å². The van der Waals surface area contributed by atoms with Gasteiger partial charge in [-0.05, 0) is 6.92 Å². The van der Waals surface area contributed by atoms with Gasteiger partial charge in [-0.3, -0.25) is 13.8 Å². The van der Waals surface area contributed by atoms with Gasteiger partial charge in [0.1, 0.15) is 12.7 Å². The predicted octanol–water partition coefficient (Wildman–Crippen LogP) is -0.0449. The molecule has 9 nitrogen and oxygen atoms in total. The third-order valence-corrected chi connectivity index (χ3v) is 2.86. The quantitative estimate of drug-likeness (QED) is 0.271. The van der Waals surface area contributed by atoms with E-state index in [9.17, 15) is 14.3 Å². The van der Waals surface area contributed by atoms with E-state index in [4.69, 9.17) is 19.7 Å². The SMILES string of the molecule is C/C=C/OC[C@H](COP(=O)(O)OCC(O)CO)OC(C)=O. The minimum absolute atomic E-state index is 0.0663. The van der Waals surface area contributed by atoms with Crippen LogP contribution in [0, 0.1) is 0 Å². The van der Waals surface area contributed by atoms with Crippen LogP contribution in [0.2, 0.25) is 0 Å². The van der Waals surface area contributed by atoms with E-state index in [1.54, 1.807) is 13.0 Å².